The van der Waals surface area contributed by atoms with Gasteiger partial charge in [0.25, 0.3) is 0 Å². The Morgan fingerprint density at radius 3 is 2.60 bits per heavy atom. The number of likely N-dealkylation sites (tertiary alicyclic amines) is 1. The molecule has 2 unspecified atom stereocenters. The molecule has 0 aromatic heterocycles. The predicted octanol–water partition coefficient (Wildman–Crippen LogP) is 4.28. The Morgan fingerprint density at radius 2 is 1.86 bits per heavy atom. The molecule has 4 rings (SSSR count). The molecule has 2 aliphatic rings. The van der Waals surface area contributed by atoms with Gasteiger partial charge in [-0.05, 0) is 49.2 Å². The number of para-hydroxylation sites is 1. The molecule has 0 amide bonds. The average molecular weight is 503 g/mol. The number of rotatable bonds is 12. The van der Waals surface area contributed by atoms with E-state index in [9.17, 15) is 18.3 Å². The van der Waals surface area contributed by atoms with E-state index in [1.807, 2.05) is 48.5 Å². The molecule has 1 saturated heterocycles. The van der Waals surface area contributed by atoms with Gasteiger partial charge in [0.15, 0.2) is 11.5 Å². The molecule has 2 aliphatic heterocycles. The highest BCUT2D eigenvalue weighted by atomic mass is 32.2. The highest BCUT2D eigenvalue weighted by Gasteiger charge is 2.40. The van der Waals surface area contributed by atoms with E-state index in [1.54, 1.807) is 0 Å². The number of aliphatic carboxylic acids is 1. The van der Waals surface area contributed by atoms with Crippen molar-refractivity contribution in [1.29, 1.82) is 0 Å². The number of hydrogen-bond acceptors (Lipinski definition) is 6. The van der Waals surface area contributed by atoms with E-state index in [0.717, 1.165) is 24.8 Å². The number of sulfonamides is 1. The van der Waals surface area contributed by atoms with Gasteiger partial charge < -0.3 is 14.6 Å². The summed E-state index contributed by atoms with van der Waals surface area (Å²) in [5.41, 5.74) is 1.48. The fourth-order valence-electron chi connectivity index (χ4n) is 4.97. The van der Waals surface area contributed by atoms with Gasteiger partial charge in [0, 0.05) is 19.1 Å². The Bertz CT molecular complexity index is 1110. The summed E-state index contributed by atoms with van der Waals surface area (Å²) in [5, 5.41) is 9.89. The predicted molar refractivity (Wildman–Crippen MR) is 134 cm³/mol. The first-order valence-electron chi connectivity index (χ1n) is 12.3. The monoisotopic (exact) mass is 502 g/mol. The molecule has 2 aromatic carbocycles. The molecule has 1 fully saturated rings. The maximum Gasteiger partial charge on any atom is 0.308 e. The zero-order valence-electron chi connectivity index (χ0n) is 20.1. The molecule has 190 valence electrons. The van der Waals surface area contributed by atoms with Crippen LogP contribution in [0.1, 0.15) is 50.6 Å². The Kier molecular flexibility index (Phi) is 8.18. The van der Waals surface area contributed by atoms with Crippen molar-refractivity contribution in [3.8, 4) is 11.5 Å². The van der Waals surface area contributed by atoms with Crippen molar-refractivity contribution in [1.82, 2.24) is 4.90 Å². The Balaban J connectivity index is 1.54. The minimum Gasteiger partial charge on any atom is -0.481 e. The van der Waals surface area contributed by atoms with Gasteiger partial charge in [-0.1, -0.05) is 50.5 Å². The topological polar surface area (TPSA) is 96.4 Å². The van der Waals surface area contributed by atoms with Crippen molar-refractivity contribution in [2.75, 3.05) is 36.5 Å². The van der Waals surface area contributed by atoms with Gasteiger partial charge in [-0.2, -0.15) is 0 Å². The zero-order valence-corrected chi connectivity index (χ0v) is 21.0. The smallest absolute Gasteiger partial charge is 0.308 e. The van der Waals surface area contributed by atoms with E-state index in [2.05, 4.69) is 11.8 Å². The standard InChI is InChI=1S/C26H34N2O6S/c1-2-3-4-8-17-35(31,32)28(21-9-6-5-7-10-21)16-15-27-14-13-22(26(29)30)25(27)20-11-12-23-24(18-20)34-19-33-23/h5-7,9-12,18,22,25H,2-4,8,13-17,19H2,1H3,(H,29,30). The van der Waals surface area contributed by atoms with Crippen LogP contribution in [0, 0.1) is 5.92 Å². The van der Waals surface area contributed by atoms with Crippen LogP contribution in [-0.2, 0) is 14.8 Å². The highest BCUT2D eigenvalue weighted by molar-refractivity contribution is 7.92. The summed E-state index contributed by atoms with van der Waals surface area (Å²) in [7, 11) is -3.51. The molecule has 0 spiro atoms. The molecule has 35 heavy (non-hydrogen) atoms. The van der Waals surface area contributed by atoms with Crippen LogP contribution in [0.4, 0.5) is 5.69 Å². The van der Waals surface area contributed by atoms with Crippen molar-refractivity contribution in [2.24, 2.45) is 5.92 Å². The van der Waals surface area contributed by atoms with E-state index in [0.29, 0.717) is 43.1 Å². The molecular formula is C26H34N2O6S. The highest BCUT2D eigenvalue weighted by Crippen LogP contribution is 2.41. The normalized spacial score (nSPS) is 19.7. The average Bonchev–Trinajstić information content (AvgIpc) is 3.49. The SMILES string of the molecule is CCCCCCS(=O)(=O)N(CCN1CCC(C(=O)O)C1c1ccc2c(c1)OCO2)c1ccccc1. The van der Waals surface area contributed by atoms with Gasteiger partial charge in [-0.25, -0.2) is 8.42 Å². The molecule has 0 saturated carbocycles. The van der Waals surface area contributed by atoms with Gasteiger partial charge in [0.05, 0.1) is 17.4 Å². The molecule has 0 radical (unpaired) electrons. The summed E-state index contributed by atoms with van der Waals surface area (Å²) >= 11 is 0. The van der Waals surface area contributed by atoms with Gasteiger partial charge in [-0.15, -0.1) is 0 Å². The lowest BCUT2D eigenvalue weighted by Crippen LogP contribution is -2.40. The van der Waals surface area contributed by atoms with E-state index >= 15 is 0 Å². The first-order chi connectivity index (χ1) is 16.9. The quantitative estimate of drug-likeness (QED) is 0.433. The lowest BCUT2D eigenvalue weighted by Gasteiger charge is -2.31. The van der Waals surface area contributed by atoms with Gasteiger partial charge in [-0.3, -0.25) is 14.0 Å². The maximum atomic E-state index is 13.3. The Morgan fingerprint density at radius 1 is 1.09 bits per heavy atom. The number of benzene rings is 2. The van der Waals surface area contributed by atoms with Crippen molar-refractivity contribution >= 4 is 21.7 Å². The fourth-order valence-corrected chi connectivity index (χ4v) is 6.56. The zero-order chi connectivity index (χ0) is 24.8. The van der Waals surface area contributed by atoms with Gasteiger partial charge >= 0.3 is 5.97 Å². The van der Waals surface area contributed by atoms with Crippen LogP contribution < -0.4 is 13.8 Å². The molecule has 0 bridgehead atoms. The molecule has 2 heterocycles. The van der Waals surface area contributed by atoms with Crippen LogP contribution in [0.15, 0.2) is 48.5 Å². The number of ether oxygens (including phenoxy) is 2. The molecular weight excluding hydrogens is 468 g/mol. The van der Waals surface area contributed by atoms with Crippen molar-refractivity contribution in [2.45, 2.75) is 45.1 Å². The van der Waals surface area contributed by atoms with Crippen molar-refractivity contribution in [3.05, 3.63) is 54.1 Å². The summed E-state index contributed by atoms with van der Waals surface area (Å²) in [6.07, 6.45) is 4.08. The summed E-state index contributed by atoms with van der Waals surface area (Å²) in [4.78, 5) is 14.1. The van der Waals surface area contributed by atoms with Gasteiger partial charge in [0.1, 0.15) is 0 Å². The summed E-state index contributed by atoms with van der Waals surface area (Å²) in [6, 6.07) is 14.3. The Labute approximate surface area is 207 Å². The number of anilines is 1. The molecule has 9 heteroatoms. The summed E-state index contributed by atoms with van der Waals surface area (Å²) in [5.74, 6) is -0.0657. The van der Waals surface area contributed by atoms with E-state index in [1.165, 1.54) is 4.31 Å². The molecule has 2 aromatic rings. The van der Waals surface area contributed by atoms with E-state index in [-0.39, 0.29) is 25.1 Å². The Hall–Kier alpha value is -2.78. The van der Waals surface area contributed by atoms with Crippen LogP contribution in [0.2, 0.25) is 0 Å². The summed E-state index contributed by atoms with van der Waals surface area (Å²) < 4.78 is 39.1. The maximum absolute atomic E-state index is 13.3. The number of hydrogen-bond donors (Lipinski definition) is 1. The lowest BCUT2D eigenvalue weighted by molar-refractivity contribution is -0.142. The van der Waals surface area contributed by atoms with Crippen molar-refractivity contribution in [3.63, 3.8) is 0 Å². The van der Waals surface area contributed by atoms with Crippen LogP contribution >= 0.6 is 0 Å². The number of carboxylic acid groups (broad SMARTS) is 1. The number of fused-ring (bicyclic) bond motifs is 1. The largest absolute Gasteiger partial charge is 0.481 e. The molecule has 0 aliphatic carbocycles. The minimum absolute atomic E-state index is 0.102. The number of unbranched alkanes of at least 4 members (excludes halogenated alkanes) is 3. The minimum atomic E-state index is -3.51. The summed E-state index contributed by atoms with van der Waals surface area (Å²) in [6.45, 7) is 3.51. The third-order valence-electron chi connectivity index (χ3n) is 6.78. The van der Waals surface area contributed by atoms with E-state index < -0.39 is 21.9 Å². The van der Waals surface area contributed by atoms with Crippen LogP contribution in [0.25, 0.3) is 0 Å². The second-order valence-electron chi connectivity index (χ2n) is 9.11. The second-order valence-corrected chi connectivity index (χ2v) is 11.1. The first-order valence-corrected chi connectivity index (χ1v) is 13.9. The fraction of sp³-hybridized carbons (Fsp3) is 0.500. The molecule has 1 N–H and O–H groups in total. The first kappa shape index (κ1) is 25.3. The number of carbonyl (C=O) groups is 1. The van der Waals surface area contributed by atoms with Crippen LogP contribution in [0.5, 0.6) is 11.5 Å². The third-order valence-corrected chi connectivity index (χ3v) is 8.65. The molecule has 2 atom stereocenters. The number of carboxylic acids is 1. The molecule has 8 nitrogen and oxygen atoms in total. The van der Waals surface area contributed by atoms with E-state index in [4.69, 9.17) is 9.47 Å². The van der Waals surface area contributed by atoms with Gasteiger partial charge in [0.2, 0.25) is 16.8 Å². The van der Waals surface area contributed by atoms with Crippen LogP contribution in [0.3, 0.4) is 0 Å². The van der Waals surface area contributed by atoms with Crippen LogP contribution in [-0.4, -0.2) is 56.6 Å². The second kappa shape index (κ2) is 11.3. The third kappa shape index (κ3) is 5.90. The number of nitrogens with zero attached hydrogens (tertiary/aromatic N) is 2. The van der Waals surface area contributed by atoms with Crippen molar-refractivity contribution < 1.29 is 27.8 Å². The lowest BCUT2D eigenvalue weighted by atomic mass is 9.93.